The van der Waals surface area contributed by atoms with Gasteiger partial charge in [-0.2, -0.15) is 0 Å². The number of nitrogens with one attached hydrogen (secondary N) is 1. The fourth-order valence-corrected chi connectivity index (χ4v) is 3.13. The van der Waals surface area contributed by atoms with Crippen LogP contribution in [0.4, 0.5) is 17.2 Å². The third-order valence-electron chi connectivity index (χ3n) is 4.46. The van der Waals surface area contributed by atoms with Crippen molar-refractivity contribution in [2.75, 3.05) is 18.4 Å². The van der Waals surface area contributed by atoms with Crippen LogP contribution >= 0.6 is 11.6 Å². The summed E-state index contributed by atoms with van der Waals surface area (Å²) in [7, 11) is -0.429. The molecule has 1 aromatic carbocycles. The third-order valence-corrected chi connectivity index (χ3v) is 4.66. The van der Waals surface area contributed by atoms with Gasteiger partial charge in [0.1, 0.15) is 11.9 Å². The molecule has 27 heavy (non-hydrogen) atoms. The van der Waals surface area contributed by atoms with Crippen molar-refractivity contribution in [3.63, 3.8) is 0 Å². The molecule has 2 aromatic rings. The van der Waals surface area contributed by atoms with E-state index < -0.39 is 12.0 Å². The molecule has 0 spiro atoms. The second kappa shape index (κ2) is 8.56. The highest BCUT2D eigenvalue weighted by Crippen LogP contribution is 2.29. The standard InChI is InChI=1S/C17H20BClN4O4/c1-18(24)22-8-6-15(7-9-22)27-14-4-2-13(3-5-14)21-17-16(23(25)26)10-12(19)11-20-17/h2-5,10-11,15,24H,6-9H2,1H3,(H,20,21). The molecule has 0 amide bonds. The summed E-state index contributed by atoms with van der Waals surface area (Å²) in [4.78, 5) is 16.6. The van der Waals surface area contributed by atoms with E-state index >= 15 is 0 Å². The molecule has 0 atom stereocenters. The molecule has 2 N–H and O–H groups in total. The normalized spacial score (nSPS) is 15.4. The van der Waals surface area contributed by atoms with Gasteiger partial charge in [0, 0.05) is 18.0 Å². The van der Waals surface area contributed by atoms with Gasteiger partial charge in [-0.3, -0.25) is 10.1 Å². The smallest absolute Gasteiger partial charge is 0.376 e. The Bertz CT molecular complexity index is 798. The van der Waals surface area contributed by atoms with Crippen LogP contribution < -0.4 is 10.1 Å². The lowest BCUT2D eigenvalue weighted by Gasteiger charge is -2.32. The average molecular weight is 391 g/mol. The van der Waals surface area contributed by atoms with Gasteiger partial charge in [-0.05, 0) is 57.0 Å². The Morgan fingerprint density at radius 1 is 1.37 bits per heavy atom. The minimum absolute atomic E-state index is 0.109. The van der Waals surface area contributed by atoms with E-state index in [-0.39, 0.29) is 22.6 Å². The number of nitrogens with zero attached hydrogens (tertiary/aromatic N) is 3. The molecule has 0 unspecified atom stereocenters. The second-order valence-electron chi connectivity index (χ2n) is 6.41. The van der Waals surface area contributed by atoms with Gasteiger partial charge in [0.2, 0.25) is 5.82 Å². The average Bonchev–Trinajstić information content (AvgIpc) is 2.65. The zero-order chi connectivity index (χ0) is 19.4. The quantitative estimate of drug-likeness (QED) is 0.443. The zero-order valence-corrected chi connectivity index (χ0v) is 15.6. The molecule has 1 saturated heterocycles. The Morgan fingerprint density at radius 3 is 2.63 bits per heavy atom. The Balaban J connectivity index is 1.61. The van der Waals surface area contributed by atoms with Gasteiger partial charge in [0.15, 0.2) is 0 Å². The van der Waals surface area contributed by atoms with E-state index in [1.54, 1.807) is 19.0 Å². The minimum atomic E-state index is -0.529. The topological polar surface area (TPSA) is 101 Å². The Morgan fingerprint density at radius 2 is 2.04 bits per heavy atom. The maximum Gasteiger partial charge on any atom is 0.376 e. The van der Waals surface area contributed by atoms with Crippen molar-refractivity contribution in [1.82, 2.24) is 9.79 Å². The van der Waals surface area contributed by atoms with Crippen LogP contribution in [-0.4, -0.2) is 46.0 Å². The summed E-state index contributed by atoms with van der Waals surface area (Å²) in [5, 5.41) is 23.9. The first-order chi connectivity index (χ1) is 12.9. The number of ether oxygens (including phenoxy) is 1. The highest BCUT2D eigenvalue weighted by molar-refractivity contribution is 6.45. The predicted molar refractivity (Wildman–Crippen MR) is 105 cm³/mol. The van der Waals surface area contributed by atoms with Crippen molar-refractivity contribution >= 4 is 35.8 Å². The number of nitro groups is 1. The van der Waals surface area contributed by atoms with E-state index in [1.807, 2.05) is 16.9 Å². The van der Waals surface area contributed by atoms with Crippen LogP contribution in [0.2, 0.25) is 11.8 Å². The lowest BCUT2D eigenvalue weighted by Crippen LogP contribution is -2.45. The van der Waals surface area contributed by atoms with E-state index in [0.717, 1.165) is 31.7 Å². The lowest BCUT2D eigenvalue weighted by molar-refractivity contribution is -0.384. The van der Waals surface area contributed by atoms with Crippen LogP contribution in [-0.2, 0) is 0 Å². The number of aromatic nitrogens is 1. The SMILES string of the molecule is CB(O)N1CCC(Oc2ccc(Nc3ncc(Cl)cc3[N+](=O)[O-])cc2)CC1. The number of benzene rings is 1. The molecule has 3 rings (SSSR count). The highest BCUT2D eigenvalue weighted by atomic mass is 35.5. The fourth-order valence-electron chi connectivity index (χ4n) is 2.98. The molecular formula is C17H20BClN4O4. The first kappa shape index (κ1) is 19.4. The van der Waals surface area contributed by atoms with E-state index in [2.05, 4.69) is 10.3 Å². The lowest BCUT2D eigenvalue weighted by atomic mass is 9.82. The van der Waals surface area contributed by atoms with Crippen LogP contribution in [0.15, 0.2) is 36.5 Å². The molecule has 0 bridgehead atoms. The molecule has 10 heteroatoms. The van der Waals surface area contributed by atoms with Gasteiger partial charge >= 0.3 is 12.7 Å². The van der Waals surface area contributed by atoms with Crippen LogP contribution in [0, 0.1) is 10.1 Å². The fraction of sp³-hybridized carbons (Fsp3) is 0.353. The Hall–Kier alpha value is -2.36. The maximum atomic E-state index is 11.1. The number of anilines is 2. The number of halogens is 1. The first-order valence-corrected chi connectivity index (χ1v) is 9.06. The number of hydrogen-bond donors (Lipinski definition) is 2. The molecule has 0 radical (unpaired) electrons. The summed E-state index contributed by atoms with van der Waals surface area (Å²) in [6.07, 6.45) is 3.17. The molecule has 1 aromatic heterocycles. The Kier molecular flexibility index (Phi) is 6.15. The third kappa shape index (κ3) is 5.09. The van der Waals surface area contributed by atoms with Gasteiger partial charge in [-0.15, -0.1) is 0 Å². The van der Waals surface area contributed by atoms with Crippen molar-refractivity contribution in [3.8, 4) is 5.75 Å². The van der Waals surface area contributed by atoms with Crippen molar-refractivity contribution < 1.29 is 14.7 Å². The summed E-state index contributed by atoms with van der Waals surface area (Å²) in [5.41, 5.74) is 0.469. The van der Waals surface area contributed by atoms with E-state index in [1.165, 1.54) is 12.3 Å². The monoisotopic (exact) mass is 390 g/mol. The van der Waals surface area contributed by atoms with Gasteiger partial charge in [0.05, 0.1) is 9.95 Å². The minimum Gasteiger partial charge on any atom is -0.490 e. The summed E-state index contributed by atoms with van der Waals surface area (Å²) in [5.74, 6) is 0.859. The van der Waals surface area contributed by atoms with E-state index in [4.69, 9.17) is 16.3 Å². The van der Waals surface area contributed by atoms with Crippen LogP contribution in [0.25, 0.3) is 0 Å². The van der Waals surface area contributed by atoms with Crippen molar-refractivity contribution in [2.24, 2.45) is 0 Å². The summed E-state index contributed by atoms with van der Waals surface area (Å²) in [6, 6.07) is 8.44. The van der Waals surface area contributed by atoms with Gasteiger partial charge in [-0.1, -0.05) is 11.6 Å². The van der Waals surface area contributed by atoms with E-state index in [0.29, 0.717) is 5.69 Å². The van der Waals surface area contributed by atoms with E-state index in [9.17, 15) is 15.1 Å². The second-order valence-corrected chi connectivity index (χ2v) is 6.85. The van der Waals surface area contributed by atoms with Crippen molar-refractivity contribution in [2.45, 2.75) is 25.8 Å². The van der Waals surface area contributed by atoms with Crippen LogP contribution in [0.3, 0.4) is 0 Å². The molecule has 0 aliphatic carbocycles. The van der Waals surface area contributed by atoms with Gasteiger partial charge in [0.25, 0.3) is 0 Å². The van der Waals surface area contributed by atoms with Crippen LogP contribution in [0.1, 0.15) is 12.8 Å². The van der Waals surface area contributed by atoms with Gasteiger partial charge < -0.3 is 19.9 Å². The number of rotatable bonds is 6. The molecular weight excluding hydrogens is 370 g/mol. The molecule has 1 fully saturated rings. The number of hydrogen-bond acceptors (Lipinski definition) is 7. The largest absolute Gasteiger partial charge is 0.490 e. The molecule has 0 saturated carbocycles. The van der Waals surface area contributed by atoms with Crippen molar-refractivity contribution in [3.05, 3.63) is 51.7 Å². The predicted octanol–water partition coefficient (Wildman–Crippen LogP) is 3.34. The summed E-state index contributed by atoms with van der Waals surface area (Å²) in [6.45, 7) is 3.37. The number of piperidine rings is 1. The van der Waals surface area contributed by atoms with Crippen molar-refractivity contribution in [1.29, 1.82) is 0 Å². The molecule has 1 aliphatic heterocycles. The Labute approximate surface area is 162 Å². The molecule has 1 aliphatic rings. The molecule has 142 valence electrons. The van der Waals surface area contributed by atoms with Crippen LogP contribution in [0.5, 0.6) is 5.75 Å². The highest BCUT2D eigenvalue weighted by Gasteiger charge is 2.25. The maximum absolute atomic E-state index is 11.1. The summed E-state index contributed by atoms with van der Waals surface area (Å²) >= 11 is 5.78. The zero-order valence-electron chi connectivity index (χ0n) is 14.8. The first-order valence-electron chi connectivity index (χ1n) is 8.68. The summed E-state index contributed by atoms with van der Waals surface area (Å²) < 4.78 is 5.99. The number of pyridine rings is 1. The molecule has 8 nitrogen and oxygen atoms in total. The molecule has 2 heterocycles. The van der Waals surface area contributed by atoms with Gasteiger partial charge in [-0.25, -0.2) is 4.98 Å².